The number of allylic oxidation sites excluding steroid dienone is 6. The summed E-state index contributed by atoms with van der Waals surface area (Å²) in [5, 5.41) is 0. The molecule has 10 heavy (non-hydrogen) atoms. The van der Waals surface area contributed by atoms with Crippen LogP contribution in [0, 0.1) is 0 Å². The summed E-state index contributed by atoms with van der Waals surface area (Å²) in [4.78, 5) is 4.22. The minimum atomic E-state index is 1.05. The highest BCUT2D eigenvalue weighted by Gasteiger charge is 2.10. The van der Waals surface area contributed by atoms with Gasteiger partial charge in [0.15, 0.2) is 0 Å². The van der Waals surface area contributed by atoms with Gasteiger partial charge in [0.05, 0.1) is 0 Å². The van der Waals surface area contributed by atoms with Crippen molar-refractivity contribution in [2.24, 2.45) is 4.99 Å². The lowest BCUT2D eigenvalue weighted by atomic mass is 10.0. The van der Waals surface area contributed by atoms with E-state index >= 15 is 0 Å². The lowest BCUT2D eigenvalue weighted by Crippen LogP contribution is -1.88. The summed E-state index contributed by atoms with van der Waals surface area (Å²) >= 11 is 0. The molecular weight excluding hydrogens is 122 g/mol. The van der Waals surface area contributed by atoms with E-state index in [0.717, 1.165) is 12.1 Å². The summed E-state index contributed by atoms with van der Waals surface area (Å²) in [6, 6.07) is 0. The normalized spacial score (nSPS) is 21.5. The predicted octanol–water partition coefficient (Wildman–Crippen LogP) is 2.23. The highest BCUT2D eigenvalue weighted by Crippen LogP contribution is 2.25. The van der Waals surface area contributed by atoms with Crippen molar-refractivity contribution < 1.29 is 0 Å². The average Bonchev–Trinajstić information content (AvgIpc) is 2.34. The molecular formula is C9H9N. The molecule has 1 heterocycles. The zero-order chi connectivity index (χ0) is 6.97. The van der Waals surface area contributed by atoms with E-state index in [4.69, 9.17) is 0 Å². The molecule has 1 nitrogen and oxygen atoms in total. The van der Waals surface area contributed by atoms with E-state index in [2.05, 4.69) is 23.2 Å². The van der Waals surface area contributed by atoms with Crippen LogP contribution in [-0.4, -0.2) is 6.21 Å². The van der Waals surface area contributed by atoms with Gasteiger partial charge in [-0.05, 0) is 18.9 Å². The molecule has 0 radical (unpaired) electrons. The van der Waals surface area contributed by atoms with Crippen molar-refractivity contribution in [3.05, 3.63) is 35.1 Å². The maximum atomic E-state index is 4.22. The van der Waals surface area contributed by atoms with Crippen molar-refractivity contribution in [2.45, 2.75) is 13.3 Å². The van der Waals surface area contributed by atoms with Crippen LogP contribution in [0.25, 0.3) is 0 Å². The fourth-order valence-electron chi connectivity index (χ4n) is 1.27. The Morgan fingerprint density at radius 3 is 3.20 bits per heavy atom. The Labute approximate surface area is 60.5 Å². The van der Waals surface area contributed by atoms with Gasteiger partial charge in [-0.25, -0.2) is 0 Å². The zero-order valence-corrected chi connectivity index (χ0v) is 5.96. The first-order valence-electron chi connectivity index (χ1n) is 3.50. The summed E-state index contributed by atoms with van der Waals surface area (Å²) in [5.41, 5.74) is 3.73. The summed E-state index contributed by atoms with van der Waals surface area (Å²) < 4.78 is 0. The van der Waals surface area contributed by atoms with E-state index in [1.165, 1.54) is 11.1 Å². The van der Waals surface area contributed by atoms with Crippen molar-refractivity contribution in [1.29, 1.82) is 0 Å². The van der Waals surface area contributed by atoms with Crippen molar-refractivity contribution in [3.63, 3.8) is 0 Å². The molecule has 0 amide bonds. The molecule has 0 N–H and O–H groups in total. The van der Waals surface area contributed by atoms with E-state index in [1.54, 1.807) is 0 Å². The Morgan fingerprint density at radius 2 is 2.40 bits per heavy atom. The Bertz CT molecular complexity index is 277. The Kier molecular flexibility index (Phi) is 1.10. The molecule has 0 bridgehead atoms. The van der Waals surface area contributed by atoms with Crippen LogP contribution in [0.2, 0.25) is 0 Å². The van der Waals surface area contributed by atoms with Gasteiger partial charge < -0.3 is 0 Å². The molecule has 0 atom stereocenters. The van der Waals surface area contributed by atoms with Crippen LogP contribution in [0.5, 0.6) is 0 Å². The summed E-state index contributed by atoms with van der Waals surface area (Å²) in [6.07, 6.45) is 9.51. The van der Waals surface area contributed by atoms with Crippen LogP contribution in [-0.2, 0) is 0 Å². The summed E-state index contributed by atoms with van der Waals surface area (Å²) in [7, 11) is 0. The molecule has 1 heteroatoms. The van der Waals surface area contributed by atoms with Crippen LogP contribution >= 0.6 is 0 Å². The molecule has 50 valence electrons. The second-order valence-corrected chi connectivity index (χ2v) is 2.55. The van der Waals surface area contributed by atoms with E-state index in [1.807, 2.05) is 13.1 Å². The minimum absolute atomic E-state index is 1.05. The number of hydrogen-bond donors (Lipinski definition) is 0. The second-order valence-electron chi connectivity index (χ2n) is 2.55. The number of fused-ring (bicyclic) bond motifs is 1. The molecule has 0 unspecified atom stereocenters. The summed E-state index contributed by atoms with van der Waals surface area (Å²) in [6.45, 7) is 2.04. The van der Waals surface area contributed by atoms with Crippen LogP contribution in [0.15, 0.2) is 40.1 Å². The first kappa shape index (κ1) is 5.66. The monoisotopic (exact) mass is 131 g/mol. The summed E-state index contributed by atoms with van der Waals surface area (Å²) in [5.74, 6) is 0. The smallest absolute Gasteiger partial charge is 0.0451 e. The van der Waals surface area contributed by atoms with Crippen LogP contribution < -0.4 is 0 Å². The molecule has 0 fully saturated rings. The van der Waals surface area contributed by atoms with Crippen molar-refractivity contribution in [3.8, 4) is 0 Å². The fourth-order valence-corrected chi connectivity index (χ4v) is 1.27. The van der Waals surface area contributed by atoms with Crippen LogP contribution in [0.1, 0.15) is 13.3 Å². The number of rotatable bonds is 0. The maximum absolute atomic E-state index is 4.22. The number of hydrogen-bond acceptors (Lipinski definition) is 1. The first-order chi connectivity index (χ1) is 4.88. The lowest BCUT2D eigenvalue weighted by molar-refractivity contribution is 1.27. The lowest BCUT2D eigenvalue weighted by Gasteiger charge is -2.02. The van der Waals surface area contributed by atoms with Crippen molar-refractivity contribution in [2.75, 3.05) is 0 Å². The average molecular weight is 131 g/mol. The fraction of sp³-hybridized carbons (Fsp3) is 0.222. The topological polar surface area (TPSA) is 12.4 Å². The van der Waals surface area contributed by atoms with Crippen LogP contribution in [0.4, 0.5) is 0 Å². The predicted molar refractivity (Wildman–Crippen MR) is 43.0 cm³/mol. The molecule has 0 saturated carbocycles. The van der Waals surface area contributed by atoms with Crippen molar-refractivity contribution >= 4 is 6.21 Å². The SMILES string of the molecule is CC1=C2C=CCC=C2C=N1. The highest BCUT2D eigenvalue weighted by atomic mass is 14.8. The molecule has 0 saturated heterocycles. The Hall–Kier alpha value is -1.11. The van der Waals surface area contributed by atoms with Gasteiger partial charge in [-0.2, -0.15) is 0 Å². The van der Waals surface area contributed by atoms with Gasteiger partial charge in [-0.3, -0.25) is 4.99 Å². The van der Waals surface area contributed by atoms with E-state index < -0.39 is 0 Å². The quantitative estimate of drug-likeness (QED) is 0.478. The Morgan fingerprint density at radius 1 is 1.50 bits per heavy atom. The Balaban J connectivity index is 2.52. The third kappa shape index (κ3) is 0.670. The maximum Gasteiger partial charge on any atom is 0.0451 e. The molecule has 0 aromatic heterocycles. The van der Waals surface area contributed by atoms with Gasteiger partial charge in [0.1, 0.15) is 0 Å². The second kappa shape index (κ2) is 1.94. The zero-order valence-electron chi connectivity index (χ0n) is 5.96. The van der Waals surface area contributed by atoms with Gasteiger partial charge in [-0.15, -0.1) is 0 Å². The van der Waals surface area contributed by atoms with Gasteiger partial charge in [0, 0.05) is 17.5 Å². The molecule has 0 spiro atoms. The molecule has 2 rings (SSSR count). The molecule has 0 aromatic carbocycles. The van der Waals surface area contributed by atoms with Gasteiger partial charge >= 0.3 is 0 Å². The highest BCUT2D eigenvalue weighted by molar-refractivity contribution is 5.91. The molecule has 0 aromatic rings. The van der Waals surface area contributed by atoms with E-state index in [9.17, 15) is 0 Å². The first-order valence-corrected chi connectivity index (χ1v) is 3.50. The van der Waals surface area contributed by atoms with E-state index in [0.29, 0.717) is 0 Å². The molecule has 2 aliphatic rings. The van der Waals surface area contributed by atoms with E-state index in [-0.39, 0.29) is 0 Å². The van der Waals surface area contributed by atoms with Gasteiger partial charge in [0.25, 0.3) is 0 Å². The molecule has 1 aliphatic carbocycles. The van der Waals surface area contributed by atoms with Crippen molar-refractivity contribution in [1.82, 2.24) is 0 Å². The number of aliphatic imine (C=N–C) groups is 1. The van der Waals surface area contributed by atoms with Gasteiger partial charge in [-0.1, -0.05) is 18.2 Å². The minimum Gasteiger partial charge on any atom is -0.260 e. The van der Waals surface area contributed by atoms with Gasteiger partial charge in [0.2, 0.25) is 0 Å². The third-order valence-corrected chi connectivity index (χ3v) is 1.86. The molecule has 1 aliphatic heterocycles. The standard InChI is InChI=1S/C9H9N/c1-7-9-5-3-2-4-8(9)6-10-7/h3-6H,2H2,1H3. The van der Waals surface area contributed by atoms with Crippen LogP contribution in [0.3, 0.4) is 0 Å². The number of nitrogens with zero attached hydrogens (tertiary/aromatic N) is 1. The largest absolute Gasteiger partial charge is 0.260 e. The third-order valence-electron chi connectivity index (χ3n) is 1.86.